The maximum atomic E-state index is 13.8. The van der Waals surface area contributed by atoms with E-state index in [0.717, 1.165) is 18.1 Å². The van der Waals surface area contributed by atoms with Crippen molar-refractivity contribution in [2.45, 2.75) is 18.4 Å². The van der Waals surface area contributed by atoms with Gasteiger partial charge in [-0.25, -0.2) is 9.37 Å². The number of para-hydroxylation sites is 1. The van der Waals surface area contributed by atoms with Crippen LogP contribution in [-0.4, -0.2) is 19.9 Å². The van der Waals surface area contributed by atoms with Crippen molar-refractivity contribution in [2.75, 3.05) is 10.8 Å². The first kappa shape index (κ1) is 14.0. The van der Waals surface area contributed by atoms with E-state index in [9.17, 15) is 12.8 Å². The van der Waals surface area contributed by atoms with Gasteiger partial charge < -0.3 is 0 Å². The van der Waals surface area contributed by atoms with E-state index in [1.807, 2.05) is 19.1 Å². The number of hydrogen-bond acceptors (Lipinski definition) is 3. The number of benzene rings is 1. The Morgan fingerprint density at radius 2 is 2.00 bits per heavy atom. The minimum atomic E-state index is -3.99. The lowest BCUT2D eigenvalue weighted by molar-refractivity contribution is 0.528. The van der Waals surface area contributed by atoms with E-state index in [1.165, 1.54) is 16.6 Å². The van der Waals surface area contributed by atoms with Gasteiger partial charge in [0.2, 0.25) is 5.03 Å². The first-order chi connectivity index (χ1) is 10.00. The normalized spacial score (nSPS) is 18.4. The zero-order valence-electron chi connectivity index (χ0n) is 11.5. The Morgan fingerprint density at radius 1 is 1.24 bits per heavy atom. The van der Waals surface area contributed by atoms with E-state index in [-0.39, 0.29) is 5.92 Å². The number of hydrogen-bond donors (Lipinski definition) is 0. The highest BCUT2D eigenvalue weighted by Gasteiger charge is 2.34. The first-order valence-electron chi connectivity index (χ1n) is 6.71. The molecule has 2 heterocycles. The summed E-state index contributed by atoms with van der Waals surface area (Å²) in [6.07, 6.45) is 2.10. The van der Waals surface area contributed by atoms with Gasteiger partial charge in [-0.15, -0.1) is 0 Å². The minimum absolute atomic E-state index is 0.168. The van der Waals surface area contributed by atoms with Gasteiger partial charge in [0, 0.05) is 12.7 Å². The molecule has 1 aliphatic rings. The monoisotopic (exact) mass is 306 g/mol. The summed E-state index contributed by atoms with van der Waals surface area (Å²) in [5, 5.41) is -0.520. The van der Waals surface area contributed by atoms with E-state index in [0.29, 0.717) is 12.2 Å². The molecule has 0 saturated carbocycles. The van der Waals surface area contributed by atoms with Crippen molar-refractivity contribution in [3.8, 4) is 0 Å². The van der Waals surface area contributed by atoms with Gasteiger partial charge in [-0.3, -0.25) is 4.31 Å². The van der Waals surface area contributed by atoms with Crippen molar-refractivity contribution in [1.82, 2.24) is 4.98 Å². The second-order valence-electron chi connectivity index (χ2n) is 5.26. The Balaban J connectivity index is 2.14. The molecule has 4 nitrogen and oxygen atoms in total. The van der Waals surface area contributed by atoms with E-state index in [4.69, 9.17) is 0 Å². The van der Waals surface area contributed by atoms with Crippen molar-refractivity contribution < 1.29 is 12.8 Å². The van der Waals surface area contributed by atoms with Crippen LogP contribution in [0.5, 0.6) is 0 Å². The fourth-order valence-corrected chi connectivity index (χ4v) is 4.25. The van der Waals surface area contributed by atoms with Crippen LogP contribution in [0, 0.1) is 11.7 Å². The highest BCUT2D eigenvalue weighted by molar-refractivity contribution is 7.92. The molecule has 6 heteroatoms. The number of rotatable bonds is 2. The van der Waals surface area contributed by atoms with Gasteiger partial charge in [-0.2, -0.15) is 8.42 Å². The molecule has 1 aliphatic heterocycles. The molecular weight excluding hydrogens is 291 g/mol. The van der Waals surface area contributed by atoms with Gasteiger partial charge in [-0.05, 0) is 36.1 Å². The summed E-state index contributed by atoms with van der Waals surface area (Å²) >= 11 is 0. The molecule has 1 aromatic heterocycles. The third-order valence-electron chi connectivity index (χ3n) is 3.57. The number of anilines is 1. The molecule has 0 amide bonds. The van der Waals surface area contributed by atoms with Crippen molar-refractivity contribution in [3.05, 3.63) is 54.0 Å². The summed E-state index contributed by atoms with van der Waals surface area (Å²) in [7, 11) is -3.99. The lowest BCUT2D eigenvalue weighted by atomic mass is 9.96. The van der Waals surface area contributed by atoms with Crippen molar-refractivity contribution in [1.29, 1.82) is 0 Å². The van der Waals surface area contributed by atoms with Crippen LogP contribution in [0.4, 0.5) is 10.1 Å². The van der Waals surface area contributed by atoms with Crippen LogP contribution in [0.2, 0.25) is 0 Å². The lowest BCUT2D eigenvalue weighted by Crippen LogP contribution is -2.39. The Labute approximate surface area is 123 Å². The van der Waals surface area contributed by atoms with Crippen LogP contribution >= 0.6 is 0 Å². The molecule has 0 saturated heterocycles. The third-order valence-corrected chi connectivity index (χ3v) is 5.28. The molecule has 0 bridgehead atoms. The summed E-state index contributed by atoms with van der Waals surface area (Å²) in [5.41, 5.74) is 1.57. The smallest absolute Gasteiger partial charge is 0.264 e. The Hall–Kier alpha value is -1.95. The number of fused-ring (bicyclic) bond motifs is 1. The average molecular weight is 306 g/mol. The standard InChI is InChI=1S/C15H15FN2O2S/c1-11-9-12-5-2-3-7-14(12)18(10-11)21(19,20)15-13(16)6-4-8-17-15/h2-8,11H,9-10H2,1H3. The molecule has 21 heavy (non-hydrogen) atoms. The quantitative estimate of drug-likeness (QED) is 0.857. The SMILES string of the molecule is CC1Cc2ccccc2N(S(=O)(=O)c2ncccc2F)C1. The van der Waals surface area contributed by atoms with Crippen molar-refractivity contribution >= 4 is 15.7 Å². The summed E-state index contributed by atoms with van der Waals surface area (Å²) < 4.78 is 40.6. The zero-order chi connectivity index (χ0) is 15.0. The van der Waals surface area contributed by atoms with E-state index in [1.54, 1.807) is 12.1 Å². The molecule has 1 aromatic carbocycles. The Kier molecular flexibility index (Phi) is 3.41. The number of nitrogens with zero attached hydrogens (tertiary/aromatic N) is 2. The highest BCUT2D eigenvalue weighted by atomic mass is 32.2. The lowest BCUT2D eigenvalue weighted by Gasteiger charge is -2.33. The van der Waals surface area contributed by atoms with Crippen LogP contribution in [0.3, 0.4) is 0 Å². The van der Waals surface area contributed by atoms with Crippen LogP contribution in [0.1, 0.15) is 12.5 Å². The summed E-state index contributed by atoms with van der Waals surface area (Å²) in [6.45, 7) is 2.31. The van der Waals surface area contributed by atoms with Crippen LogP contribution in [-0.2, 0) is 16.4 Å². The molecule has 0 N–H and O–H groups in total. The maximum Gasteiger partial charge on any atom is 0.284 e. The maximum absolute atomic E-state index is 13.8. The fourth-order valence-electron chi connectivity index (χ4n) is 2.64. The number of pyridine rings is 1. The first-order valence-corrected chi connectivity index (χ1v) is 8.15. The van der Waals surface area contributed by atoms with Crippen LogP contribution < -0.4 is 4.31 Å². The van der Waals surface area contributed by atoms with Gasteiger partial charge >= 0.3 is 0 Å². The van der Waals surface area contributed by atoms with E-state index >= 15 is 0 Å². The summed E-state index contributed by atoms with van der Waals surface area (Å²) in [4.78, 5) is 3.72. The van der Waals surface area contributed by atoms with Crippen molar-refractivity contribution in [3.63, 3.8) is 0 Å². The zero-order valence-corrected chi connectivity index (χ0v) is 12.3. The highest BCUT2D eigenvalue weighted by Crippen LogP contribution is 2.33. The molecule has 110 valence electrons. The molecule has 1 atom stereocenters. The average Bonchev–Trinajstić information content (AvgIpc) is 2.46. The second kappa shape index (κ2) is 5.11. The minimum Gasteiger partial charge on any atom is -0.264 e. The molecule has 3 rings (SSSR count). The molecule has 0 aliphatic carbocycles. The van der Waals surface area contributed by atoms with Gasteiger partial charge in [-0.1, -0.05) is 25.1 Å². The predicted octanol–water partition coefficient (Wildman–Crippen LogP) is 2.61. The topological polar surface area (TPSA) is 50.3 Å². The van der Waals surface area contributed by atoms with E-state index < -0.39 is 20.9 Å². The molecule has 2 aromatic rings. The molecule has 1 unspecified atom stereocenters. The van der Waals surface area contributed by atoms with Crippen LogP contribution in [0.15, 0.2) is 47.6 Å². The number of sulfonamides is 1. The summed E-state index contributed by atoms with van der Waals surface area (Å²) in [5.74, 6) is -0.658. The molecule has 0 radical (unpaired) electrons. The van der Waals surface area contributed by atoms with Crippen molar-refractivity contribution in [2.24, 2.45) is 5.92 Å². The Bertz CT molecular complexity index is 777. The van der Waals surface area contributed by atoms with Gasteiger partial charge in [0.15, 0.2) is 5.82 Å². The van der Waals surface area contributed by atoms with Gasteiger partial charge in [0.05, 0.1) is 5.69 Å². The van der Waals surface area contributed by atoms with E-state index in [2.05, 4.69) is 4.98 Å². The summed E-state index contributed by atoms with van der Waals surface area (Å²) in [6, 6.07) is 9.80. The molecule has 0 spiro atoms. The van der Waals surface area contributed by atoms with Gasteiger partial charge in [0.25, 0.3) is 10.0 Å². The number of aromatic nitrogens is 1. The third kappa shape index (κ3) is 2.40. The molecule has 0 fully saturated rings. The number of halogens is 1. The molecular formula is C15H15FN2O2S. The van der Waals surface area contributed by atoms with Crippen LogP contribution in [0.25, 0.3) is 0 Å². The Morgan fingerprint density at radius 3 is 2.76 bits per heavy atom. The second-order valence-corrected chi connectivity index (χ2v) is 7.04. The fraction of sp³-hybridized carbons (Fsp3) is 0.267. The predicted molar refractivity (Wildman–Crippen MR) is 78.0 cm³/mol. The van der Waals surface area contributed by atoms with Gasteiger partial charge in [0.1, 0.15) is 0 Å². The largest absolute Gasteiger partial charge is 0.284 e.